The SMILES string of the molecule is Cc1cccc(-c2cc(C(=O)Nc3cccc4ccccc34)c3ccccc3n2)c1. The second-order valence-electron chi connectivity index (χ2n) is 7.42. The van der Waals surface area contributed by atoms with E-state index >= 15 is 0 Å². The van der Waals surface area contributed by atoms with Gasteiger partial charge in [0.25, 0.3) is 5.91 Å². The van der Waals surface area contributed by atoms with Gasteiger partial charge in [0.2, 0.25) is 0 Å². The number of anilines is 1. The summed E-state index contributed by atoms with van der Waals surface area (Å²) in [6.07, 6.45) is 0. The van der Waals surface area contributed by atoms with Crippen LogP contribution in [0.3, 0.4) is 0 Å². The fourth-order valence-electron chi connectivity index (χ4n) is 3.84. The van der Waals surface area contributed by atoms with Gasteiger partial charge >= 0.3 is 0 Å². The third kappa shape index (κ3) is 3.31. The van der Waals surface area contributed by atoms with E-state index in [0.29, 0.717) is 5.56 Å². The Labute approximate surface area is 175 Å². The van der Waals surface area contributed by atoms with Gasteiger partial charge in [0.1, 0.15) is 0 Å². The van der Waals surface area contributed by atoms with Crippen LogP contribution in [0.15, 0.2) is 97.1 Å². The van der Waals surface area contributed by atoms with E-state index in [2.05, 4.69) is 24.4 Å². The first-order valence-corrected chi connectivity index (χ1v) is 9.95. The molecule has 0 fully saturated rings. The Hall–Kier alpha value is -3.98. The van der Waals surface area contributed by atoms with Crippen LogP contribution in [0, 0.1) is 6.92 Å². The Morgan fingerprint density at radius 3 is 2.37 bits per heavy atom. The quantitative estimate of drug-likeness (QED) is 0.377. The Balaban J connectivity index is 1.63. The molecule has 0 saturated carbocycles. The summed E-state index contributed by atoms with van der Waals surface area (Å²) in [6, 6.07) is 31.8. The van der Waals surface area contributed by atoms with Gasteiger partial charge < -0.3 is 5.32 Å². The van der Waals surface area contributed by atoms with E-state index in [1.54, 1.807) is 0 Å². The summed E-state index contributed by atoms with van der Waals surface area (Å²) >= 11 is 0. The number of aromatic nitrogens is 1. The van der Waals surface area contributed by atoms with Gasteiger partial charge in [0.05, 0.1) is 16.8 Å². The zero-order valence-electron chi connectivity index (χ0n) is 16.6. The van der Waals surface area contributed by atoms with Gasteiger partial charge in [-0.25, -0.2) is 4.98 Å². The molecule has 1 N–H and O–H groups in total. The minimum Gasteiger partial charge on any atom is -0.321 e. The van der Waals surface area contributed by atoms with Gasteiger partial charge in [-0.05, 0) is 36.6 Å². The lowest BCUT2D eigenvalue weighted by atomic mass is 10.0. The number of carbonyl (C=O) groups is 1. The summed E-state index contributed by atoms with van der Waals surface area (Å²) in [5, 5.41) is 6.07. The largest absolute Gasteiger partial charge is 0.321 e. The number of fused-ring (bicyclic) bond motifs is 2. The third-order valence-corrected chi connectivity index (χ3v) is 5.31. The van der Waals surface area contributed by atoms with Gasteiger partial charge in [-0.15, -0.1) is 0 Å². The number of nitrogens with zero attached hydrogens (tertiary/aromatic N) is 1. The van der Waals surface area contributed by atoms with Crippen LogP contribution in [-0.4, -0.2) is 10.9 Å². The first-order valence-electron chi connectivity index (χ1n) is 9.95. The zero-order chi connectivity index (χ0) is 20.5. The lowest BCUT2D eigenvalue weighted by molar-refractivity contribution is 0.102. The molecule has 1 aromatic heterocycles. The van der Waals surface area contributed by atoms with E-state index in [1.807, 2.05) is 84.9 Å². The van der Waals surface area contributed by atoms with Crippen molar-refractivity contribution in [1.29, 1.82) is 0 Å². The highest BCUT2D eigenvalue weighted by molar-refractivity contribution is 6.15. The number of nitrogens with one attached hydrogen (secondary N) is 1. The molecule has 144 valence electrons. The lowest BCUT2D eigenvalue weighted by Crippen LogP contribution is -2.13. The number of hydrogen-bond donors (Lipinski definition) is 1. The standard InChI is InChI=1S/C27H20N2O/c1-18-8-6-11-20(16-18)26-17-23(22-13-4-5-14-25(22)28-26)27(30)29-24-15-7-10-19-9-2-3-12-21(19)24/h2-17H,1H3,(H,29,30). The molecule has 5 rings (SSSR count). The zero-order valence-corrected chi connectivity index (χ0v) is 16.6. The molecule has 3 heteroatoms. The van der Waals surface area contributed by atoms with Crippen LogP contribution in [-0.2, 0) is 0 Å². The Kier molecular flexibility index (Phi) is 4.49. The molecule has 3 nitrogen and oxygen atoms in total. The third-order valence-electron chi connectivity index (χ3n) is 5.31. The fourth-order valence-corrected chi connectivity index (χ4v) is 3.84. The minimum atomic E-state index is -0.140. The molecule has 0 aliphatic heterocycles. The lowest BCUT2D eigenvalue weighted by Gasteiger charge is -2.12. The predicted octanol–water partition coefficient (Wildman–Crippen LogP) is 6.62. The molecule has 0 bridgehead atoms. The second-order valence-corrected chi connectivity index (χ2v) is 7.42. The number of hydrogen-bond acceptors (Lipinski definition) is 2. The van der Waals surface area contributed by atoms with Crippen molar-refractivity contribution in [3.63, 3.8) is 0 Å². The highest BCUT2D eigenvalue weighted by atomic mass is 16.1. The first-order chi connectivity index (χ1) is 14.7. The van der Waals surface area contributed by atoms with Gasteiger partial charge in [0, 0.05) is 22.0 Å². The van der Waals surface area contributed by atoms with E-state index in [0.717, 1.165) is 44.2 Å². The highest BCUT2D eigenvalue weighted by Crippen LogP contribution is 2.28. The summed E-state index contributed by atoms with van der Waals surface area (Å²) < 4.78 is 0. The van der Waals surface area contributed by atoms with E-state index < -0.39 is 0 Å². The van der Waals surface area contributed by atoms with Crippen LogP contribution in [0.4, 0.5) is 5.69 Å². The maximum atomic E-state index is 13.4. The molecule has 0 unspecified atom stereocenters. The number of amides is 1. The molecular formula is C27H20N2O. The van der Waals surface area contributed by atoms with E-state index in [-0.39, 0.29) is 5.91 Å². The van der Waals surface area contributed by atoms with Crippen molar-refractivity contribution in [2.24, 2.45) is 0 Å². The minimum absolute atomic E-state index is 0.140. The number of carbonyl (C=O) groups excluding carboxylic acids is 1. The van der Waals surface area contributed by atoms with Crippen LogP contribution in [0.25, 0.3) is 32.9 Å². The molecule has 0 aliphatic carbocycles. The van der Waals surface area contributed by atoms with E-state index in [1.165, 1.54) is 0 Å². The summed E-state index contributed by atoms with van der Waals surface area (Å²) in [6.45, 7) is 2.05. The van der Waals surface area contributed by atoms with Crippen molar-refractivity contribution >= 4 is 33.3 Å². The molecule has 4 aromatic carbocycles. The molecular weight excluding hydrogens is 368 g/mol. The van der Waals surface area contributed by atoms with Crippen LogP contribution < -0.4 is 5.32 Å². The number of rotatable bonds is 3. The first kappa shape index (κ1) is 18.1. The molecule has 0 atom stereocenters. The second kappa shape index (κ2) is 7.45. The molecule has 0 saturated heterocycles. The number of para-hydroxylation sites is 1. The Bertz CT molecular complexity index is 1400. The molecule has 30 heavy (non-hydrogen) atoms. The summed E-state index contributed by atoms with van der Waals surface area (Å²) in [4.78, 5) is 18.2. The fraction of sp³-hybridized carbons (Fsp3) is 0.0370. The van der Waals surface area contributed by atoms with Crippen molar-refractivity contribution in [3.05, 3.63) is 108 Å². The summed E-state index contributed by atoms with van der Waals surface area (Å²) in [5.41, 5.74) is 5.17. The maximum absolute atomic E-state index is 13.4. The van der Waals surface area contributed by atoms with Gasteiger partial charge in [-0.3, -0.25) is 4.79 Å². The average molecular weight is 388 g/mol. The molecule has 0 aliphatic rings. The van der Waals surface area contributed by atoms with Gasteiger partial charge in [-0.2, -0.15) is 0 Å². The van der Waals surface area contributed by atoms with Crippen LogP contribution in [0.1, 0.15) is 15.9 Å². The summed E-state index contributed by atoms with van der Waals surface area (Å²) in [5.74, 6) is -0.140. The van der Waals surface area contributed by atoms with Crippen molar-refractivity contribution in [2.75, 3.05) is 5.32 Å². The highest BCUT2D eigenvalue weighted by Gasteiger charge is 2.15. The molecule has 0 radical (unpaired) electrons. The topological polar surface area (TPSA) is 42.0 Å². The molecule has 1 amide bonds. The molecule has 0 spiro atoms. The number of pyridine rings is 1. The molecule has 5 aromatic rings. The Morgan fingerprint density at radius 2 is 1.50 bits per heavy atom. The summed E-state index contributed by atoms with van der Waals surface area (Å²) in [7, 11) is 0. The van der Waals surface area contributed by atoms with Crippen molar-refractivity contribution in [1.82, 2.24) is 4.98 Å². The Morgan fingerprint density at radius 1 is 0.767 bits per heavy atom. The van der Waals surface area contributed by atoms with Gasteiger partial charge in [-0.1, -0.05) is 78.4 Å². The monoisotopic (exact) mass is 388 g/mol. The number of aryl methyl sites for hydroxylation is 1. The normalized spacial score (nSPS) is 11.0. The van der Waals surface area contributed by atoms with Crippen molar-refractivity contribution in [2.45, 2.75) is 6.92 Å². The average Bonchev–Trinajstić information content (AvgIpc) is 2.78. The smallest absolute Gasteiger partial charge is 0.256 e. The van der Waals surface area contributed by atoms with Crippen molar-refractivity contribution in [3.8, 4) is 11.3 Å². The van der Waals surface area contributed by atoms with E-state index in [4.69, 9.17) is 4.98 Å². The van der Waals surface area contributed by atoms with Gasteiger partial charge in [0.15, 0.2) is 0 Å². The van der Waals surface area contributed by atoms with Crippen LogP contribution in [0.2, 0.25) is 0 Å². The predicted molar refractivity (Wildman–Crippen MR) is 124 cm³/mol. The van der Waals surface area contributed by atoms with Crippen LogP contribution in [0.5, 0.6) is 0 Å². The van der Waals surface area contributed by atoms with E-state index in [9.17, 15) is 4.79 Å². The number of benzene rings is 4. The maximum Gasteiger partial charge on any atom is 0.256 e. The van der Waals surface area contributed by atoms with Crippen LogP contribution >= 0.6 is 0 Å². The van der Waals surface area contributed by atoms with Crippen molar-refractivity contribution < 1.29 is 4.79 Å². The molecule has 1 heterocycles.